The van der Waals surface area contributed by atoms with Crippen molar-refractivity contribution in [3.63, 3.8) is 0 Å². The van der Waals surface area contributed by atoms with Crippen molar-refractivity contribution < 1.29 is 4.79 Å². The zero-order valence-corrected chi connectivity index (χ0v) is 13.6. The molecule has 1 atom stereocenters. The number of amides is 1. The van der Waals surface area contributed by atoms with E-state index in [1.807, 2.05) is 31.2 Å². The lowest BCUT2D eigenvalue weighted by Crippen LogP contribution is -2.12. The lowest BCUT2D eigenvalue weighted by Gasteiger charge is -2.17. The Morgan fingerprint density at radius 3 is 2.77 bits per heavy atom. The summed E-state index contributed by atoms with van der Waals surface area (Å²) >= 11 is 1.56. The molecule has 1 N–H and O–H groups in total. The zero-order valence-electron chi connectivity index (χ0n) is 12.8. The van der Waals surface area contributed by atoms with Crippen LogP contribution in [-0.4, -0.2) is 5.91 Å². The van der Waals surface area contributed by atoms with E-state index in [9.17, 15) is 10.1 Å². The molecule has 0 spiro atoms. The maximum Gasteiger partial charge on any atom is 0.256 e. The van der Waals surface area contributed by atoms with Gasteiger partial charge in [-0.3, -0.25) is 4.79 Å². The van der Waals surface area contributed by atoms with E-state index in [1.165, 1.54) is 4.88 Å². The lowest BCUT2D eigenvalue weighted by atomic mass is 9.88. The van der Waals surface area contributed by atoms with Gasteiger partial charge in [0.05, 0.1) is 5.56 Å². The van der Waals surface area contributed by atoms with E-state index in [0.717, 1.165) is 30.4 Å². The van der Waals surface area contributed by atoms with Crippen LogP contribution >= 0.6 is 11.3 Å². The number of rotatable bonds is 2. The first-order valence-corrected chi connectivity index (χ1v) is 8.32. The Bertz CT molecular complexity index is 753. The number of nitrogens with zero attached hydrogens (tertiary/aromatic N) is 1. The van der Waals surface area contributed by atoms with Gasteiger partial charge in [-0.2, -0.15) is 5.26 Å². The molecule has 0 fully saturated rings. The topological polar surface area (TPSA) is 52.9 Å². The van der Waals surface area contributed by atoms with Crippen LogP contribution in [0.4, 0.5) is 5.00 Å². The van der Waals surface area contributed by atoms with Crippen molar-refractivity contribution in [2.75, 3.05) is 5.32 Å². The number of aryl methyl sites for hydroxylation is 1. The summed E-state index contributed by atoms with van der Waals surface area (Å²) in [5.41, 5.74) is 3.54. The summed E-state index contributed by atoms with van der Waals surface area (Å²) in [5, 5.41) is 13.1. The third-order valence-electron chi connectivity index (χ3n) is 4.16. The normalized spacial score (nSPS) is 16.7. The Balaban J connectivity index is 1.88. The molecule has 3 nitrogen and oxygen atoms in total. The molecule has 1 aliphatic rings. The Labute approximate surface area is 134 Å². The van der Waals surface area contributed by atoms with Crippen LogP contribution in [-0.2, 0) is 12.8 Å². The maximum atomic E-state index is 12.4. The van der Waals surface area contributed by atoms with Crippen LogP contribution in [0.2, 0.25) is 0 Å². The van der Waals surface area contributed by atoms with Gasteiger partial charge in [-0.25, -0.2) is 0 Å². The molecule has 0 unspecified atom stereocenters. The minimum absolute atomic E-state index is 0.150. The van der Waals surface area contributed by atoms with Gasteiger partial charge in [0.2, 0.25) is 0 Å². The highest BCUT2D eigenvalue weighted by Gasteiger charge is 2.24. The number of nitrogens with one attached hydrogen (secondary N) is 1. The van der Waals surface area contributed by atoms with E-state index < -0.39 is 0 Å². The average Bonchev–Trinajstić information content (AvgIpc) is 2.83. The number of nitriles is 1. The monoisotopic (exact) mass is 310 g/mol. The van der Waals surface area contributed by atoms with Crippen LogP contribution in [0.25, 0.3) is 0 Å². The van der Waals surface area contributed by atoms with Crippen LogP contribution < -0.4 is 5.32 Å². The Hall–Kier alpha value is -2.12. The van der Waals surface area contributed by atoms with Crippen LogP contribution in [0.15, 0.2) is 24.3 Å². The second-order valence-corrected chi connectivity index (χ2v) is 7.09. The lowest BCUT2D eigenvalue weighted by molar-refractivity contribution is 0.102. The number of benzene rings is 1. The van der Waals surface area contributed by atoms with Crippen molar-refractivity contribution in [3.8, 4) is 6.07 Å². The van der Waals surface area contributed by atoms with E-state index in [0.29, 0.717) is 22.0 Å². The number of carbonyl (C=O) groups excluding carboxylic acids is 1. The standard InChI is InChI=1S/C18H18N2OS/c1-11-3-6-13(7-4-11)17(21)20-18-15(10-19)14-8-5-12(2)9-16(14)22-18/h3-4,6-7,12H,5,8-9H2,1-2H3,(H,20,21)/t12-/m1/s1. The number of anilines is 1. The fourth-order valence-corrected chi connectivity index (χ4v) is 4.19. The van der Waals surface area contributed by atoms with Crippen LogP contribution in [0.5, 0.6) is 0 Å². The molecule has 1 aromatic heterocycles. The van der Waals surface area contributed by atoms with Crippen molar-refractivity contribution in [3.05, 3.63) is 51.4 Å². The van der Waals surface area contributed by atoms with E-state index in [4.69, 9.17) is 0 Å². The second-order valence-electron chi connectivity index (χ2n) is 5.99. The second kappa shape index (κ2) is 5.94. The highest BCUT2D eigenvalue weighted by atomic mass is 32.1. The molecule has 1 aromatic carbocycles. The van der Waals surface area contributed by atoms with E-state index in [-0.39, 0.29) is 5.91 Å². The molecule has 0 aliphatic heterocycles. The molecule has 0 bridgehead atoms. The van der Waals surface area contributed by atoms with Crippen molar-refractivity contribution in [2.45, 2.75) is 33.1 Å². The summed E-state index contributed by atoms with van der Waals surface area (Å²) < 4.78 is 0. The van der Waals surface area contributed by atoms with E-state index in [2.05, 4.69) is 18.3 Å². The molecule has 1 amide bonds. The van der Waals surface area contributed by atoms with Crippen molar-refractivity contribution in [2.24, 2.45) is 5.92 Å². The molecule has 1 aliphatic carbocycles. The Morgan fingerprint density at radius 2 is 2.09 bits per heavy atom. The molecule has 0 saturated carbocycles. The van der Waals surface area contributed by atoms with Gasteiger partial charge in [0.15, 0.2) is 0 Å². The van der Waals surface area contributed by atoms with Crippen LogP contribution in [0.1, 0.15) is 45.3 Å². The fourth-order valence-electron chi connectivity index (χ4n) is 2.84. The zero-order chi connectivity index (χ0) is 15.7. The summed E-state index contributed by atoms with van der Waals surface area (Å²) in [6.45, 7) is 4.23. The average molecular weight is 310 g/mol. The molecular formula is C18H18N2OS. The Morgan fingerprint density at radius 1 is 1.36 bits per heavy atom. The molecule has 4 heteroatoms. The molecule has 22 heavy (non-hydrogen) atoms. The molecule has 0 radical (unpaired) electrons. The SMILES string of the molecule is Cc1ccc(C(=O)Nc2sc3c(c2C#N)CC[C@@H](C)C3)cc1. The molecule has 2 aromatic rings. The van der Waals surface area contributed by atoms with Crippen LogP contribution in [0, 0.1) is 24.2 Å². The summed E-state index contributed by atoms with van der Waals surface area (Å²) in [4.78, 5) is 13.6. The molecule has 1 heterocycles. The van der Waals surface area contributed by atoms with Gasteiger partial charge in [-0.05, 0) is 49.8 Å². The minimum Gasteiger partial charge on any atom is -0.312 e. The minimum atomic E-state index is -0.150. The van der Waals surface area contributed by atoms with Crippen molar-refractivity contribution >= 4 is 22.2 Å². The van der Waals surface area contributed by atoms with Gasteiger partial charge in [0, 0.05) is 10.4 Å². The predicted molar refractivity (Wildman–Crippen MR) is 89.4 cm³/mol. The number of hydrogen-bond donors (Lipinski definition) is 1. The largest absolute Gasteiger partial charge is 0.312 e. The van der Waals surface area contributed by atoms with Gasteiger partial charge < -0.3 is 5.32 Å². The Kier molecular flexibility index (Phi) is 4.00. The summed E-state index contributed by atoms with van der Waals surface area (Å²) in [7, 11) is 0. The van der Waals surface area contributed by atoms with Crippen LogP contribution in [0.3, 0.4) is 0 Å². The fraction of sp³-hybridized carbons (Fsp3) is 0.333. The smallest absolute Gasteiger partial charge is 0.256 e. The number of hydrogen-bond acceptors (Lipinski definition) is 3. The van der Waals surface area contributed by atoms with Gasteiger partial charge >= 0.3 is 0 Å². The molecule has 112 valence electrons. The highest BCUT2D eigenvalue weighted by Crippen LogP contribution is 2.39. The van der Waals surface area contributed by atoms with Crippen molar-refractivity contribution in [1.82, 2.24) is 0 Å². The number of fused-ring (bicyclic) bond motifs is 1. The van der Waals surface area contributed by atoms with Gasteiger partial charge in [0.25, 0.3) is 5.91 Å². The van der Waals surface area contributed by atoms with Gasteiger partial charge in [0.1, 0.15) is 11.1 Å². The van der Waals surface area contributed by atoms with E-state index in [1.54, 1.807) is 11.3 Å². The summed E-state index contributed by atoms with van der Waals surface area (Å²) in [5.74, 6) is 0.501. The third kappa shape index (κ3) is 2.77. The van der Waals surface area contributed by atoms with E-state index >= 15 is 0 Å². The summed E-state index contributed by atoms with van der Waals surface area (Å²) in [6, 6.07) is 9.74. The third-order valence-corrected chi connectivity index (χ3v) is 5.33. The highest BCUT2D eigenvalue weighted by molar-refractivity contribution is 7.16. The number of carbonyl (C=O) groups is 1. The van der Waals surface area contributed by atoms with Gasteiger partial charge in [-0.15, -0.1) is 11.3 Å². The molecule has 0 saturated heterocycles. The summed E-state index contributed by atoms with van der Waals surface area (Å²) in [6.07, 6.45) is 3.06. The first kappa shape index (κ1) is 14.8. The predicted octanol–water partition coefficient (Wildman–Crippen LogP) is 4.31. The molecule has 3 rings (SSSR count). The quantitative estimate of drug-likeness (QED) is 0.899. The first-order valence-electron chi connectivity index (χ1n) is 7.51. The number of thiophene rings is 1. The molecular weight excluding hydrogens is 292 g/mol. The first-order chi connectivity index (χ1) is 10.6. The maximum absolute atomic E-state index is 12.4. The van der Waals surface area contributed by atoms with Crippen molar-refractivity contribution in [1.29, 1.82) is 5.26 Å². The van der Waals surface area contributed by atoms with Gasteiger partial charge in [-0.1, -0.05) is 24.6 Å².